The normalized spacial score (nSPS) is 11.0. The summed E-state index contributed by atoms with van der Waals surface area (Å²) < 4.78 is 0. The first-order valence-corrected chi connectivity index (χ1v) is 18.2. The fraction of sp³-hybridized carbons (Fsp3) is 0. The summed E-state index contributed by atoms with van der Waals surface area (Å²) in [5, 5.41) is 0. The molecule has 1 aromatic heterocycles. The SMILES string of the molecule is c1ccc(-c2cc(-c3ccccc3)cc(-c3cccc(-c4nc(-c5cccc(-c6ccccc6)c5)nc(-c5cccc(-c6ccccc6)c5)n4)c3)c2)cc1. The van der Waals surface area contributed by atoms with Crippen LogP contribution in [-0.2, 0) is 0 Å². The maximum Gasteiger partial charge on any atom is 0.164 e. The van der Waals surface area contributed by atoms with Crippen LogP contribution in [0.3, 0.4) is 0 Å². The molecule has 3 heteroatoms. The summed E-state index contributed by atoms with van der Waals surface area (Å²) in [6, 6.07) is 74.2. The van der Waals surface area contributed by atoms with Gasteiger partial charge in [0.05, 0.1) is 0 Å². The molecule has 9 aromatic rings. The lowest BCUT2D eigenvalue weighted by Gasteiger charge is -2.13. The summed E-state index contributed by atoms with van der Waals surface area (Å²) >= 11 is 0. The van der Waals surface area contributed by atoms with Crippen LogP contribution in [0.1, 0.15) is 0 Å². The molecule has 3 nitrogen and oxygen atoms in total. The molecule has 0 spiro atoms. The Labute approximate surface area is 316 Å². The van der Waals surface area contributed by atoms with Gasteiger partial charge in [-0.25, -0.2) is 15.0 Å². The highest BCUT2D eigenvalue weighted by Crippen LogP contribution is 2.35. The highest BCUT2D eigenvalue weighted by molar-refractivity contribution is 5.83. The van der Waals surface area contributed by atoms with Crippen LogP contribution in [0.25, 0.3) is 89.8 Å². The third kappa shape index (κ3) is 6.99. The van der Waals surface area contributed by atoms with Crippen molar-refractivity contribution in [2.75, 3.05) is 0 Å². The molecule has 0 saturated heterocycles. The lowest BCUT2D eigenvalue weighted by Crippen LogP contribution is -2.00. The molecular weight excluding hydrogens is 655 g/mol. The standard InChI is InChI=1S/C51H35N3/c1-5-16-36(17-6-1)40-24-13-27-43(30-40)49-52-50(44-28-14-25-41(31-44)37-18-7-2-8-19-37)54-51(53-49)45-29-15-26-42(32-45)48-34-46(38-20-9-3-10-21-38)33-47(35-48)39-22-11-4-12-23-39/h1-35H. The number of rotatable bonds is 8. The van der Waals surface area contributed by atoms with E-state index in [2.05, 4.69) is 200 Å². The minimum Gasteiger partial charge on any atom is -0.208 e. The Morgan fingerprint density at radius 2 is 0.370 bits per heavy atom. The largest absolute Gasteiger partial charge is 0.208 e. The van der Waals surface area contributed by atoms with Gasteiger partial charge in [-0.05, 0) is 92.0 Å². The van der Waals surface area contributed by atoms with Crippen LogP contribution in [0, 0.1) is 0 Å². The predicted octanol–water partition coefficient (Wildman–Crippen LogP) is 13.2. The van der Waals surface area contributed by atoms with Crippen molar-refractivity contribution in [3.8, 4) is 89.8 Å². The van der Waals surface area contributed by atoms with E-state index in [0.717, 1.165) is 50.1 Å². The van der Waals surface area contributed by atoms with Gasteiger partial charge in [0.1, 0.15) is 0 Å². The maximum atomic E-state index is 5.16. The smallest absolute Gasteiger partial charge is 0.164 e. The molecule has 0 bridgehead atoms. The number of hydrogen-bond acceptors (Lipinski definition) is 3. The van der Waals surface area contributed by atoms with Crippen LogP contribution < -0.4 is 0 Å². The fourth-order valence-corrected chi connectivity index (χ4v) is 6.93. The Morgan fingerprint density at radius 1 is 0.167 bits per heavy atom. The summed E-state index contributed by atoms with van der Waals surface area (Å²) in [6.07, 6.45) is 0. The zero-order chi connectivity index (χ0) is 36.1. The van der Waals surface area contributed by atoms with Crippen LogP contribution >= 0.6 is 0 Å². The van der Waals surface area contributed by atoms with Crippen molar-refractivity contribution in [3.05, 3.63) is 212 Å². The first kappa shape index (κ1) is 32.7. The van der Waals surface area contributed by atoms with Crippen molar-refractivity contribution in [1.29, 1.82) is 0 Å². The van der Waals surface area contributed by atoms with Gasteiger partial charge in [-0.3, -0.25) is 0 Å². The molecule has 0 aliphatic carbocycles. The summed E-state index contributed by atoms with van der Waals surface area (Å²) in [7, 11) is 0. The Bertz CT molecular complexity index is 2530. The summed E-state index contributed by atoms with van der Waals surface area (Å²) in [5.74, 6) is 1.87. The molecule has 0 amide bonds. The molecule has 54 heavy (non-hydrogen) atoms. The second kappa shape index (κ2) is 14.8. The van der Waals surface area contributed by atoms with Gasteiger partial charge >= 0.3 is 0 Å². The molecule has 0 saturated carbocycles. The van der Waals surface area contributed by atoms with Crippen molar-refractivity contribution in [2.45, 2.75) is 0 Å². The van der Waals surface area contributed by atoms with Crippen molar-refractivity contribution in [3.63, 3.8) is 0 Å². The van der Waals surface area contributed by atoms with Crippen molar-refractivity contribution in [1.82, 2.24) is 15.0 Å². The van der Waals surface area contributed by atoms with Crippen LogP contribution in [-0.4, -0.2) is 15.0 Å². The van der Waals surface area contributed by atoms with E-state index >= 15 is 0 Å². The molecule has 0 N–H and O–H groups in total. The summed E-state index contributed by atoms with van der Waals surface area (Å²) in [6.45, 7) is 0. The van der Waals surface area contributed by atoms with Gasteiger partial charge in [0, 0.05) is 16.7 Å². The van der Waals surface area contributed by atoms with Crippen LogP contribution in [0.5, 0.6) is 0 Å². The van der Waals surface area contributed by atoms with Gasteiger partial charge in [-0.15, -0.1) is 0 Å². The van der Waals surface area contributed by atoms with Crippen molar-refractivity contribution >= 4 is 0 Å². The fourth-order valence-electron chi connectivity index (χ4n) is 6.93. The lowest BCUT2D eigenvalue weighted by atomic mass is 9.93. The Kier molecular flexibility index (Phi) is 8.94. The third-order valence-electron chi connectivity index (χ3n) is 9.69. The highest BCUT2D eigenvalue weighted by Gasteiger charge is 2.15. The van der Waals surface area contributed by atoms with Crippen molar-refractivity contribution in [2.24, 2.45) is 0 Å². The van der Waals surface area contributed by atoms with E-state index in [1.165, 1.54) is 22.3 Å². The molecule has 0 aliphatic rings. The third-order valence-corrected chi connectivity index (χ3v) is 9.69. The summed E-state index contributed by atoms with van der Waals surface area (Å²) in [5.41, 5.74) is 14.2. The van der Waals surface area contributed by atoms with Gasteiger partial charge in [-0.1, -0.05) is 176 Å². The van der Waals surface area contributed by atoms with Crippen molar-refractivity contribution < 1.29 is 0 Å². The monoisotopic (exact) mass is 689 g/mol. The molecule has 9 rings (SSSR count). The van der Waals surface area contributed by atoms with E-state index in [1.54, 1.807) is 0 Å². The van der Waals surface area contributed by atoms with Gasteiger partial charge in [0.25, 0.3) is 0 Å². The zero-order valence-corrected chi connectivity index (χ0v) is 29.5. The van der Waals surface area contributed by atoms with E-state index in [-0.39, 0.29) is 0 Å². The van der Waals surface area contributed by atoms with Crippen LogP contribution in [0.4, 0.5) is 0 Å². The first-order chi connectivity index (χ1) is 26.7. The average molecular weight is 690 g/mol. The predicted molar refractivity (Wildman–Crippen MR) is 223 cm³/mol. The van der Waals surface area contributed by atoms with Crippen LogP contribution in [0.2, 0.25) is 0 Å². The number of hydrogen-bond donors (Lipinski definition) is 0. The average Bonchev–Trinajstić information content (AvgIpc) is 3.27. The highest BCUT2D eigenvalue weighted by atomic mass is 15.0. The topological polar surface area (TPSA) is 38.7 Å². The minimum absolute atomic E-state index is 0.620. The molecule has 0 atom stereocenters. The van der Waals surface area contributed by atoms with E-state index in [9.17, 15) is 0 Å². The minimum atomic E-state index is 0.620. The van der Waals surface area contributed by atoms with Crippen LogP contribution in [0.15, 0.2) is 212 Å². The number of nitrogens with zero attached hydrogens (tertiary/aromatic N) is 3. The van der Waals surface area contributed by atoms with E-state index < -0.39 is 0 Å². The molecule has 1 heterocycles. The van der Waals surface area contributed by atoms with E-state index in [4.69, 9.17) is 15.0 Å². The van der Waals surface area contributed by atoms with E-state index in [0.29, 0.717) is 17.5 Å². The van der Waals surface area contributed by atoms with Gasteiger partial charge in [0.15, 0.2) is 17.5 Å². The first-order valence-electron chi connectivity index (χ1n) is 18.2. The Balaban J connectivity index is 1.19. The second-order valence-electron chi connectivity index (χ2n) is 13.3. The second-order valence-corrected chi connectivity index (χ2v) is 13.3. The molecule has 0 aliphatic heterocycles. The molecule has 0 unspecified atom stereocenters. The quantitative estimate of drug-likeness (QED) is 0.159. The maximum absolute atomic E-state index is 5.16. The van der Waals surface area contributed by atoms with Gasteiger partial charge in [0.2, 0.25) is 0 Å². The van der Waals surface area contributed by atoms with Gasteiger partial charge in [-0.2, -0.15) is 0 Å². The van der Waals surface area contributed by atoms with Gasteiger partial charge < -0.3 is 0 Å². The molecule has 0 fully saturated rings. The molecule has 8 aromatic carbocycles. The molecular formula is C51H35N3. The Hall–Kier alpha value is -7.23. The number of benzene rings is 8. The number of aromatic nitrogens is 3. The molecule has 0 radical (unpaired) electrons. The van der Waals surface area contributed by atoms with E-state index in [1.807, 2.05) is 12.1 Å². The zero-order valence-electron chi connectivity index (χ0n) is 29.5. The molecule has 254 valence electrons. The Morgan fingerprint density at radius 3 is 0.685 bits per heavy atom. The summed E-state index contributed by atoms with van der Waals surface area (Å²) in [4.78, 5) is 15.4. The lowest BCUT2D eigenvalue weighted by molar-refractivity contribution is 1.07.